The van der Waals surface area contributed by atoms with Gasteiger partial charge in [-0.2, -0.15) is 0 Å². The van der Waals surface area contributed by atoms with Crippen molar-refractivity contribution in [3.63, 3.8) is 0 Å². The Morgan fingerprint density at radius 1 is 0.686 bits per heavy atom. The van der Waals surface area contributed by atoms with Gasteiger partial charge >= 0.3 is 0 Å². The summed E-state index contributed by atoms with van der Waals surface area (Å²) in [5.74, 6) is -4.01. The first-order valence-electron chi connectivity index (χ1n) is 11.1. The normalized spacial score (nSPS) is 11.1. The highest BCUT2D eigenvalue weighted by molar-refractivity contribution is 6.15. The molecule has 8 nitrogen and oxygen atoms in total. The molecule has 8 heteroatoms. The largest absolute Gasteiger partial charge is 0.506 e. The summed E-state index contributed by atoms with van der Waals surface area (Å²) < 4.78 is 0. The standard InChI is InChI=1S/C27H29N3O5/c1-16-10-9-11-17(2)23(16)30-26(35)27(3,4)22(24(33)28-18-12-5-7-14-20(18)31)25(34)29-19-13-6-8-15-21(19)32/h5-15,22,31-32H,1-4H3,(H,28,33)(H,29,34)(H,30,35). The van der Waals surface area contributed by atoms with Gasteiger partial charge in [0.15, 0.2) is 0 Å². The van der Waals surface area contributed by atoms with E-state index in [0.717, 1.165) is 11.1 Å². The summed E-state index contributed by atoms with van der Waals surface area (Å²) >= 11 is 0. The molecular weight excluding hydrogens is 446 g/mol. The Bertz CT molecular complexity index is 1190. The first kappa shape index (κ1) is 25.3. The van der Waals surface area contributed by atoms with Gasteiger partial charge in [-0.1, -0.05) is 42.5 Å². The van der Waals surface area contributed by atoms with E-state index in [4.69, 9.17) is 0 Å². The molecule has 0 unspecified atom stereocenters. The molecule has 0 aromatic heterocycles. The SMILES string of the molecule is Cc1cccc(C)c1NC(=O)C(C)(C)C(C(=O)Nc1ccccc1O)C(=O)Nc1ccccc1O. The fourth-order valence-electron chi connectivity index (χ4n) is 3.76. The molecule has 3 amide bonds. The smallest absolute Gasteiger partial charge is 0.238 e. The Morgan fingerprint density at radius 2 is 1.11 bits per heavy atom. The minimum atomic E-state index is -1.53. The van der Waals surface area contributed by atoms with Gasteiger partial charge in [0, 0.05) is 5.69 Å². The summed E-state index contributed by atoms with van der Waals surface area (Å²) in [4.78, 5) is 40.2. The quantitative estimate of drug-likeness (QED) is 0.253. The van der Waals surface area contributed by atoms with Crippen LogP contribution in [0.2, 0.25) is 0 Å². The van der Waals surface area contributed by atoms with Gasteiger partial charge in [-0.25, -0.2) is 0 Å². The molecule has 0 saturated heterocycles. The van der Waals surface area contributed by atoms with E-state index < -0.39 is 29.1 Å². The van der Waals surface area contributed by atoms with Crippen molar-refractivity contribution in [3.8, 4) is 11.5 Å². The van der Waals surface area contributed by atoms with Crippen LogP contribution in [0.25, 0.3) is 0 Å². The molecule has 5 N–H and O–H groups in total. The number of para-hydroxylation sites is 5. The van der Waals surface area contributed by atoms with Crippen molar-refractivity contribution in [2.45, 2.75) is 27.7 Å². The van der Waals surface area contributed by atoms with Crippen LogP contribution < -0.4 is 16.0 Å². The average Bonchev–Trinajstić information content (AvgIpc) is 2.79. The average molecular weight is 476 g/mol. The van der Waals surface area contributed by atoms with Crippen LogP contribution in [0.15, 0.2) is 66.7 Å². The predicted molar refractivity (Wildman–Crippen MR) is 135 cm³/mol. The minimum absolute atomic E-state index is 0.101. The van der Waals surface area contributed by atoms with Gasteiger partial charge in [-0.15, -0.1) is 0 Å². The summed E-state index contributed by atoms with van der Waals surface area (Å²) in [7, 11) is 0. The molecule has 35 heavy (non-hydrogen) atoms. The number of hydrogen-bond donors (Lipinski definition) is 5. The molecule has 0 saturated carbocycles. The van der Waals surface area contributed by atoms with E-state index in [1.807, 2.05) is 32.0 Å². The van der Waals surface area contributed by atoms with Gasteiger partial charge in [-0.3, -0.25) is 14.4 Å². The molecule has 0 fully saturated rings. The van der Waals surface area contributed by atoms with Crippen LogP contribution in [0, 0.1) is 25.2 Å². The van der Waals surface area contributed by atoms with Gasteiger partial charge in [0.05, 0.1) is 16.8 Å². The third-order valence-corrected chi connectivity index (χ3v) is 5.87. The second-order valence-electron chi connectivity index (χ2n) is 8.89. The van der Waals surface area contributed by atoms with E-state index in [2.05, 4.69) is 16.0 Å². The van der Waals surface area contributed by atoms with E-state index in [-0.39, 0.29) is 22.9 Å². The van der Waals surface area contributed by atoms with Crippen LogP contribution >= 0.6 is 0 Å². The van der Waals surface area contributed by atoms with E-state index in [0.29, 0.717) is 5.69 Å². The number of rotatable bonds is 7. The molecule has 0 heterocycles. The van der Waals surface area contributed by atoms with Gasteiger partial charge in [0.25, 0.3) is 0 Å². The van der Waals surface area contributed by atoms with Crippen LogP contribution in [-0.4, -0.2) is 27.9 Å². The number of aryl methyl sites for hydroxylation is 2. The summed E-state index contributed by atoms with van der Waals surface area (Å²) in [6.07, 6.45) is 0. The van der Waals surface area contributed by atoms with Crippen LogP contribution in [0.5, 0.6) is 11.5 Å². The third kappa shape index (κ3) is 5.60. The lowest BCUT2D eigenvalue weighted by molar-refractivity contribution is -0.141. The number of carbonyl (C=O) groups is 3. The third-order valence-electron chi connectivity index (χ3n) is 5.87. The van der Waals surface area contributed by atoms with Gasteiger partial charge in [-0.05, 0) is 63.1 Å². The summed E-state index contributed by atoms with van der Waals surface area (Å²) in [5.41, 5.74) is 0.947. The van der Waals surface area contributed by atoms with E-state index in [1.54, 1.807) is 24.3 Å². The number of benzene rings is 3. The molecule has 182 valence electrons. The number of phenols is 2. The zero-order valence-electron chi connectivity index (χ0n) is 20.0. The van der Waals surface area contributed by atoms with E-state index in [9.17, 15) is 24.6 Å². The maximum atomic E-state index is 13.5. The van der Waals surface area contributed by atoms with Crippen molar-refractivity contribution in [2.24, 2.45) is 11.3 Å². The van der Waals surface area contributed by atoms with Crippen molar-refractivity contribution in [2.75, 3.05) is 16.0 Å². The molecule has 0 aliphatic carbocycles. The first-order chi connectivity index (χ1) is 16.5. The molecule has 0 spiro atoms. The second kappa shape index (κ2) is 10.3. The Hall–Kier alpha value is -4.33. The maximum absolute atomic E-state index is 13.5. The highest BCUT2D eigenvalue weighted by Gasteiger charge is 2.46. The second-order valence-corrected chi connectivity index (χ2v) is 8.89. The van der Waals surface area contributed by atoms with E-state index in [1.165, 1.54) is 38.1 Å². The van der Waals surface area contributed by atoms with Crippen molar-refractivity contribution in [1.82, 2.24) is 0 Å². The molecule has 0 aliphatic heterocycles. The summed E-state index contributed by atoms with van der Waals surface area (Å²) in [5, 5.41) is 28.1. The lowest BCUT2D eigenvalue weighted by Crippen LogP contribution is -2.49. The zero-order valence-corrected chi connectivity index (χ0v) is 20.0. The van der Waals surface area contributed by atoms with Crippen molar-refractivity contribution >= 4 is 34.8 Å². The van der Waals surface area contributed by atoms with Gasteiger partial charge in [0.1, 0.15) is 17.4 Å². The molecule has 3 aromatic rings. The number of anilines is 3. The van der Waals surface area contributed by atoms with Crippen molar-refractivity contribution < 1.29 is 24.6 Å². The number of carbonyl (C=O) groups excluding carboxylic acids is 3. The van der Waals surface area contributed by atoms with Crippen molar-refractivity contribution in [1.29, 1.82) is 0 Å². The first-order valence-corrected chi connectivity index (χ1v) is 11.1. The number of amides is 3. The predicted octanol–water partition coefficient (Wildman–Crippen LogP) is 4.57. The molecule has 0 bridgehead atoms. The number of hydrogen-bond acceptors (Lipinski definition) is 5. The minimum Gasteiger partial charge on any atom is -0.506 e. The highest BCUT2D eigenvalue weighted by Crippen LogP contribution is 2.34. The fraction of sp³-hybridized carbons (Fsp3) is 0.222. The van der Waals surface area contributed by atoms with Gasteiger partial charge in [0.2, 0.25) is 17.7 Å². The van der Waals surface area contributed by atoms with Crippen LogP contribution in [0.4, 0.5) is 17.1 Å². The molecule has 3 rings (SSSR count). The Labute approximate surface area is 204 Å². The van der Waals surface area contributed by atoms with Crippen molar-refractivity contribution in [3.05, 3.63) is 77.9 Å². The number of nitrogens with one attached hydrogen (secondary N) is 3. The molecule has 0 radical (unpaired) electrons. The van der Waals surface area contributed by atoms with E-state index >= 15 is 0 Å². The lowest BCUT2D eigenvalue weighted by Gasteiger charge is -2.31. The highest BCUT2D eigenvalue weighted by atomic mass is 16.3. The number of phenolic OH excluding ortho intramolecular Hbond substituents is 2. The maximum Gasteiger partial charge on any atom is 0.238 e. The topological polar surface area (TPSA) is 128 Å². The Balaban J connectivity index is 1.97. The fourth-order valence-corrected chi connectivity index (χ4v) is 3.76. The lowest BCUT2D eigenvalue weighted by atomic mass is 9.76. The van der Waals surface area contributed by atoms with Crippen LogP contribution in [0.3, 0.4) is 0 Å². The number of aromatic hydroxyl groups is 2. The molecule has 3 aromatic carbocycles. The zero-order chi connectivity index (χ0) is 25.8. The monoisotopic (exact) mass is 475 g/mol. The summed E-state index contributed by atoms with van der Waals surface area (Å²) in [6, 6.07) is 17.7. The Morgan fingerprint density at radius 3 is 1.54 bits per heavy atom. The van der Waals surface area contributed by atoms with Gasteiger partial charge < -0.3 is 26.2 Å². The molecule has 0 aliphatic rings. The molecule has 0 atom stereocenters. The molecular formula is C27H29N3O5. The Kier molecular flexibility index (Phi) is 7.44. The summed E-state index contributed by atoms with van der Waals surface area (Å²) in [6.45, 7) is 6.69. The van der Waals surface area contributed by atoms with Crippen LogP contribution in [-0.2, 0) is 14.4 Å². The van der Waals surface area contributed by atoms with Crippen LogP contribution in [0.1, 0.15) is 25.0 Å².